The summed E-state index contributed by atoms with van der Waals surface area (Å²) >= 11 is 0. The molecule has 0 radical (unpaired) electrons. The van der Waals surface area contributed by atoms with Gasteiger partial charge in [-0.3, -0.25) is 0 Å². The van der Waals surface area contributed by atoms with Crippen LogP contribution in [0.4, 0.5) is 4.39 Å². The molecule has 4 heteroatoms. The van der Waals surface area contributed by atoms with Crippen LogP contribution in [0, 0.1) is 12.7 Å². The fourth-order valence-corrected chi connectivity index (χ4v) is 2.46. The molecular weight excluding hydrogens is 253 g/mol. The highest BCUT2D eigenvalue weighted by Crippen LogP contribution is 2.32. The van der Waals surface area contributed by atoms with Crippen LogP contribution in [-0.2, 0) is 0 Å². The smallest absolute Gasteiger partial charge is 0.123 e. The molecule has 0 bridgehead atoms. The topological polar surface area (TPSA) is 30.7 Å². The Morgan fingerprint density at radius 2 is 1.95 bits per heavy atom. The van der Waals surface area contributed by atoms with E-state index in [0.717, 1.165) is 27.9 Å². The van der Waals surface area contributed by atoms with Gasteiger partial charge in [-0.1, -0.05) is 0 Å². The average molecular weight is 269 g/mol. The third-order valence-electron chi connectivity index (χ3n) is 3.43. The standard InChI is InChI=1S/C16H16FN3/c1-10(2)20-8-14(15-6-11(3)18-9-19-15)13-7-12(17)4-5-16(13)20/h4-10H,1-3H3. The second kappa shape index (κ2) is 4.71. The van der Waals surface area contributed by atoms with E-state index in [-0.39, 0.29) is 5.82 Å². The maximum Gasteiger partial charge on any atom is 0.123 e. The minimum Gasteiger partial charge on any atom is -0.344 e. The summed E-state index contributed by atoms with van der Waals surface area (Å²) in [5.74, 6) is -0.231. The molecule has 0 aliphatic heterocycles. The average Bonchev–Trinajstić information content (AvgIpc) is 2.77. The van der Waals surface area contributed by atoms with E-state index in [9.17, 15) is 4.39 Å². The first kappa shape index (κ1) is 12.8. The summed E-state index contributed by atoms with van der Waals surface area (Å²) in [5.41, 5.74) is 3.69. The van der Waals surface area contributed by atoms with Gasteiger partial charge in [0.25, 0.3) is 0 Å². The fraction of sp³-hybridized carbons (Fsp3) is 0.250. The zero-order valence-electron chi connectivity index (χ0n) is 11.8. The number of benzene rings is 1. The van der Waals surface area contributed by atoms with Crippen molar-refractivity contribution in [2.45, 2.75) is 26.8 Å². The van der Waals surface area contributed by atoms with Gasteiger partial charge in [0.2, 0.25) is 0 Å². The summed E-state index contributed by atoms with van der Waals surface area (Å²) in [6.07, 6.45) is 3.58. The minimum absolute atomic E-state index is 0.231. The van der Waals surface area contributed by atoms with Crippen LogP contribution < -0.4 is 0 Å². The third-order valence-corrected chi connectivity index (χ3v) is 3.43. The van der Waals surface area contributed by atoms with Gasteiger partial charge in [-0.05, 0) is 45.0 Å². The Bertz CT molecular complexity index is 774. The van der Waals surface area contributed by atoms with E-state index in [1.807, 2.05) is 25.3 Å². The number of hydrogen-bond acceptors (Lipinski definition) is 2. The van der Waals surface area contributed by atoms with E-state index in [0.29, 0.717) is 6.04 Å². The molecule has 0 amide bonds. The first-order valence-electron chi connectivity index (χ1n) is 6.65. The Balaban J connectivity index is 2.32. The van der Waals surface area contributed by atoms with Crippen molar-refractivity contribution < 1.29 is 4.39 Å². The van der Waals surface area contributed by atoms with Crippen molar-refractivity contribution in [1.82, 2.24) is 14.5 Å². The van der Waals surface area contributed by atoms with Crippen molar-refractivity contribution in [3.63, 3.8) is 0 Å². The van der Waals surface area contributed by atoms with E-state index in [2.05, 4.69) is 28.4 Å². The summed E-state index contributed by atoms with van der Waals surface area (Å²) in [4.78, 5) is 8.43. The predicted molar refractivity (Wildman–Crippen MR) is 78.0 cm³/mol. The minimum atomic E-state index is -0.231. The second-order valence-electron chi connectivity index (χ2n) is 5.25. The SMILES string of the molecule is Cc1cc(-c2cn(C(C)C)c3ccc(F)cc23)ncn1. The molecule has 0 saturated heterocycles. The molecule has 2 aromatic heterocycles. The van der Waals surface area contributed by atoms with Gasteiger partial charge in [-0.25, -0.2) is 14.4 Å². The highest BCUT2D eigenvalue weighted by atomic mass is 19.1. The molecule has 20 heavy (non-hydrogen) atoms. The summed E-state index contributed by atoms with van der Waals surface area (Å²) in [5, 5.41) is 0.886. The Morgan fingerprint density at radius 3 is 2.65 bits per heavy atom. The lowest BCUT2D eigenvalue weighted by atomic mass is 10.1. The van der Waals surface area contributed by atoms with Crippen LogP contribution in [0.5, 0.6) is 0 Å². The van der Waals surface area contributed by atoms with Crippen LogP contribution in [0.25, 0.3) is 22.2 Å². The molecule has 3 rings (SSSR count). The highest BCUT2D eigenvalue weighted by molar-refractivity contribution is 5.95. The number of aromatic nitrogens is 3. The molecule has 0 N–H and O–H groups in total. The van der Waals surface area contributed by atoms with Gasteiger partial charge in [0, 0.05) is 34.4 Å². The van der Waals surface area contributed by atoms with Gasteiger partial charge in [0.05, 0.1) is 5.69 Å². The van der Waals surface area contributed by atoms with E-state index in [4.69, 9.17) is 0 Å². The molecule has 0 aliphatic carbocycles. The van der Waals surface area contributed by atoms with Crippen LogP contribution >= 0.6 is 0 Å². The number of rotatable bonds is 2. The first-order valence-corrected chi connectivity index (χ1v) is 6.65. The van der Waals surface area contributed by atoms with Crippen molar-refractivity contribution in [2.75, 3.05) is 0 Å². The Kier molecular flexibility index (Phi) is 3.01. The van der Waals surface area contributed by atoms with Gasteiger partial charge in [0.1, 0.15) is 12.1 Å². The number of halogens is 1. The largest absolute Gasteiger partial charge is 0.344 e. The van der Waals surface area contributed by atoms with Crippen LogP contribution in [0.15, 0.2) is 36.8 Å². The molecule has 2 heterocycles. The van der Waals surface area contributed by atoms with Crippen molar-refractivity contribution in [3.05, 3.63) is 48.3 Å². The first-order chi connectivity index (χ1) is 9.56. The van der Waals surface area contributed by atoms with Crippen molar-refractivity contribution >= 4 is 10.9 Å². The zero-order valence-corrected chi connectivity index (χ0v) is 11.8. The number of hydrogen-bond donors (Lipinski definition) is 0. The molecule has 3 nitrogen and oxygen atoms in total. The van der Waals surface area contributed by atoms with Crippen LogP contribution in [-0.4, -0.2) is 14.5 Å². The predicted octanol–water partition coefficient (Wildman–Crippen LogP) is 4.13. The maximum absolute atomic E-state index is 13.6. The molecule has 0 aliphatic rings. The van der Waals surface area contributed by atoms with Crippen molar-refractivity contribution in [3.8, 4) is 11.3 Å². The summed E-state index contributed by atoms with van der Waals surface area (Å²) in [7, 11) is 0. The lowest BCUT2D eigenvalue weighted by Crippen LogP contribution is -1.97. The number of fused-ring (bicyclic) bond motifs is 1. The normalized spacial score (nSPS) is 11.4. The number of nitrogens with zero attached hydrogens (tertiary/aromatic N) is 3. The fourth-order valence-electron chi connectivity index (χ4n) is 2.46. The van der Waals surface area contributed by atoms with E-state index in [1.54, 1.807) is 12.4 Å². The van der Waals surface area contributed by atoms with Gasteiger partial charge in [0.15, 0.2) is 0 Å². The Hall–Kier alpha value is -2.23. The van der Waals surface area contributed by atoms with Crippen LogP contribution in [0.2, 0.25) is 0 Å². The lowest BCUT2D eigenvalue weighted by molar-refractivity contribution is 0.619. The maximum atomic E-state index is 13.6. The van der Waals surface area contributed by atoms with E-state index >= 15 is 0 Å². The van der Waals surface area contributed by atoms with Crippen molar-refractivity contribution in [2.24, 2.45) is 0 Å². The molecule has 1 aromatic carbocycles. The monoisotopic (exact) mass is 269 g/mol. The summed E-state index contributed by atoms with van der Waals surface area (Å²) < 4.78 is 15.7. The quantitative estimate of drug-likeness (QED) is 0.700. The second-order valence-corrected chi connectivity index (χ2v) is 5.25. The molecule has 0 unspecified atom stereocenters. The third kappa shape index (κ3) is 2.07. The van der Waals surface area contributed by atoms with Crippen molar-refractivity contribution in [1.29, 1.82) is 0 Å². The van der Waals surface area contributed by atoms with Gasteiger partial charge >= 0.3 is 0 Å². The highest BCUT2D eigenvalue weighted by Gasteiger charge is 2.14. The summed E-state index contributed by atoms with van der Waals surface area (Å²) in [6.45, 7) is 6.14. The molecular formula is C16H16FN3. The molecule has 0 atom stereocenters. The van der Waals surface area contributed by atoms with E-state index < -0.39 is 0 Å². The molecule has 102 valence electrons. The molecule has 3 aromatic rings. The number of aryl methyl sites for hydroxylation is 1. The molecule has 0 saturated carbocycles. The Morgan fingerprint density at radius 1 is 1.15 bits per heavy atom. The molecule has 0 fully saturated rings. The van der Waals surface area contributed by atoms with Crippen LogP contribution in [0.1, 0.15) is 25.6 Å². The van der Waals surface area contributed by atoms with Gasteiger partial charge in [-0.2, -0.15) is 0 Å². The van der Waals surface area contributed by atoms with Crippen LogP contribution in [0.3, 0.4) is 0 Å². The molecule has 0 spiro atoms. The summed E-state index contributed by atoms with van der Waals surface area (Å²) in [6, 6.07) is 7.11. The van der Waals surface area contributed by atoms with E-state index in [1.165, 1.54) is 6.07 Å². The Labute approximate surface area is 117 Å². The zero-order chi connectivity index (χ0) is 14.3. The lowest BCUT2D eigenvalue weighted by Gasteiger charge is -2.08. The van der Waals surface area contributed by atoms with Gasteiger partial charge in [-0.15, -0.1) is 0 Å². The van der Waals surface area contributed by atoms with Gasteiger partial charge < -0.3 is 4.57 Å².